The standard InChI is InChI=1S/C18H27ClO/c1-6-8-9-10-13(3)17-15(5)18(19)14(4)12-16(17)20-11-7-2/h8-9,12-13H,6-7,10-11H2,1-5H3/b9-8-. The van der Waals surface area contributed by atoms with Gasteiger partial charge in [0.25, 0.3) is 0 Å². The Morgan fingerprint density at radius 2 is 1.95 bits per heavy atom. The first-order chi connectivity index (χ1) is 9.52. The van der Waals surface area contributed by atoms with Crippen LogP contribution in [0.1, 0.15) is 62.6 Å². The summed E-state index contributed by atoms with van der Waals surface area (Å²) in [6.45, 7) is 11.4. The molecule has 1 unspecified atom stereocenters. The van der Waals surface area contributed by atoms with Crippen LogP contribution in [0.4, 0.5) is 0 Å². The number of hydrogen-bond donors (Lipinski definition) is 0. The molecule has 1 nitrogen and oxygen atoms in total. The topological polar surface area (TPSA) is 9.23 Å². The third kappa shape index (κ3) is 4.28. The summed E-state index contributed by atoms with van der Waals surface area (Å²) in [7, 11) is 0. The molecule has 0 aliphatic rings. The number of allylic oxidation sites excluding steroid dienone is 2. The van der Waals surface area contributed by atoms with Gasteiger partial charge in [0.1, 0.15) is 5.75 Å². The molecule has 0 bridgehead atoms. The molecule has 0 aliphatic heterocycles. The highest BCUT2D eigenvalue weighted by molar-refractivity contribution is 6.32. The number of rotatable bonds is 7. The Kier molecular flexibility index (Phi) is 7.15. The quantitative estimate of drug-likeness (QED) is 0.544. The van der Waals surface area contributed by atoms with E-state index in [-0.39, 0.29) is 0 Å². The van der Waals surface area contributed by atoms with Crippen molar-refractivity contribution in [2.75, 3.05) is 6.61 Å². The summed E-state index contributed by atoms with van der Waals surface area (Å²) in [4.78, 5) is 0. The van der Waals surface area contributed by atoms with E-state index in [4.69, 9.17) is 16.3 Å². The Morgan fingerprint density at radius 1 is 1.25 bits per heavy atom. The molecule has 1 aromatic carbocycles. The molecule has 0 saturated heterocycles. The van der Waals surface area contributed by atoms with Gasteiger partial charge < -0.3 is 4.74 Å². The molecule has 1 atom stereocenters. The summed E-state index contributed by atoms with van der Waals surface area (Å²) in [5.41, 5.74) is 3.51. The number of aryl methyl sites for hydroxylation is 1. The number of halogens is 1. The first kappa shape index (κ1) is 17.1. The summed E-state index contributed by atoms with van der Waals surface area (Å²) in [6.07, 6.45) is 7.59. The van der Waals surface area contributed by atoms with Crippen molar-refractivity contribution < 1.29 is 4.74 Å². The molecular formula is C18H27ClO. The van der Waals surface area contributed by atoms with E-state index < -0.39 is 0 Å². The summed E-state index contributed by atoms with van der Waals surface area (Å²) in [5, 5.41) is 0.871. The molecule has 0 spiro atoms. The SMILES string of the molecule is CC/C=C\CC(C)c1c(OCCC)cc(C)c(Cl)c1C. The Morgan fingerprint density at radius 3 is 2.55 bits per heavy atom. The molecule has 1 aromatic rings. The van der Waals surface area contributed by atoms with E-state index in [1.165, 1.54) is 5.56 Å². The van der Waals surface area contributed by atoms with E-state index in [1.54, 1.807) is 0 Å². The maximum Gasteiger partial charge on any atom is 0.123 e. The van der Waals surface area contributed by atoms with Crippen LogP contribution < -0.4 is 4.74 Å². The minimum Gasteiger partial charge on any atom is -0.493 e. The lowest BCUT2D eigenvalue weighted by atomic mass is 9.91. The summed E-state index contributed by atoms with van der Waals surface area (Å²) in [6, 6.07) is 2.08. The molecule has 112 valence electrons. The van der Waals surface area contributed by atoms with Crippen molar-refractivity contribution in [2.45, 2.75) is 59.8 Å². The average molecular weight is 295 g/mol. The smallest absolute Gasteiger partial charge is 0.123 e. The summed E-state index contributed by atoms with van der Waals surface area (Å²) < 4.78 is 5.95. The fourth-order valence-corrected chi connectivity index (χ4v) is 2.62. The van der Waals surface area contributed by atoms with Crippen LogP contribution in [0.2, 0.25) is 5.02 Å². The third-order valence-electron chi connectivity index (χ3n) is 3.54. The van der Waals surface area contributed by atoms with Crippen LogP contribution in [0.25, 0.3) is 0 Å². The van der Waals surface area contributed by atoms with Gasteiger partial charge in [-0.1, -0.05) is 44.5 Å². The van der Waals surface area contributed by atoms with Crippen molar-refractivity contribution in [3.63, 3.8) is 0 Å². The van der Waals surface area contributed by atoms with E-state index in [2.05, 4.69) is 45.9 Å². The van der Waals surface area contributed by atoms with Crippen LogP contribution >= 0.6 is 11.6 Å². The van der Waals surface area contributed by atoms with Gasteiger partial charge in [-0.15, -0.1) is 0 Å². The van der Waals surface area contributed by atoms with E-state index in [0.29, 0.717) is 5.92 Å². The highest BCUT2D eigenvalue weighted by Crippen LogP contribution is 2.38. The molecule has 0 heterocycles. The highest BCUT2D eigenvalue weighted by atomic mass is 35.5. The van der Waals surface area contributed by atoms with Crippen LogP contribution in [-0.4, -0.2) is 6.61 Å². The minimum absolute atomic E-state index is 0.419. The van der Waals surface area contributed by atoms with E-state index in [1.807, 2.05) is 6.92 Å². The second kappa shape index (κ2) is 8.36. The monoisotopic (exact) mass is 294 g/mol. The summed E-state index contributed by atoms with van der Waals surface area (Å²) in [5.74, 6) is 1.42. The molecule has 2 heteroatoms. The van der Waals surface area contributed by atoms with Gasteiger partial charge >= 0.3 is 0 Å². The zero-order valence-electron chi connectivity index (χ0n) is 13.4. The molecular weight excluding hydrogens is 268 g/mol. The Bertz CT molecular complexity index is 463. The second-order valence-corrected chi connectivity index (χ2v) is 5.79. The predicted molar refractivity (Wildman–Crippen MR) is 89.2 cm³/mol. The lowest BCUT2D eigenvalue weighted by Gasteiger charge is -2.21. The van der Waals surface area contributed by atoms with Crippen molar-refractivity contribution in [1.29, 1.82) is 0 Å². The molecule has 0 saturated carbocycles. The van der Waals surface area contributed by atoms with Gasteiger partial charge in [-0.25, -0.2) is 0 Å². The van der Waals surface area contributed by atoms with E-state index >= 15 is 0 Å². The molecule has 0 fully saturated rings. The first-order valence-electron chi connectivity index (χ1n) is 7.60. The Hall–Kier alpha value is -0.950. The Balaban J connectivity index is 3.12. The van der Waals surface area contributed by atoms with Gasteiger partial charge in [-0.05, 0) is 56.2 Å². The van der Waals surface area contributed by atoms with Crippen molar-refractivity contribution in [3.8, 4) is 5.75 Å². The number of ether oxygens (including phenoxy) is 1. The number of hydrogen-bond acceptors (Lipinski definition) is 1. The predicted octanol–water partition coefficient (Wildman–Crippen LogP) is 6.21. The van der Waals surface area contributed by atoms with E-state index in [9.17, 15) is 0 Å². The van der Waals surface area contributed by atoms with Gasteiger partial charge in [0.05, 0.1) is 6.61 Å². The van der Waals surface area contributed by atoms with Crippen molar-refractivity contribution >= 4 is 11.6 Å². The van der Waals surface area contributed by atoms with Crippen molar-refractivity contribution in [2.24, 2.45) is 0 Å². The van der Waals surface area contributed by atoms with Crippen LogP contribution in [0.5, 0.6) is 5.75 Å². The van der Waals surface area contributed by atoms with Crippen LogP contribution in [0.3, 0.4) is 0 Å². The van der Waals surface area contributed by atoms with Gasteiger partial charge in [-0.2, -0.15) is 0 Å². The van der Waals surface area contributed by atoms with Crippen molar-refractivity contribution in [1.82, 2.24) is 0 Å². The fourth-order valence-electron chi connectivity index (χ4n) is 2.47. The number of benzene rings is 1. The summed E-state index contributed by atoms with van der Waals surface area (Å²) >= 11 is 6.42. The maximum absolute atomic E-state index is 6.42. The highest BCUT2D eigenvalue weighted by Gasteiger charge is 2.17. The fraction of sp³-hybridized carbons (Fsp3) is 0.556. The van der Waals surface area contributed by atoms with E-state index in [0.717, 1.165) is 47.8 Å². The van der Waals surface area contributed by atoms with Gasteiger partial charge in [-0.3, -0.25) is 0 Å². The molecule has 0 aliphatic carbocycles. The average Bonchev–Trinajstić information content (AvgIpc) is 2.42. The lowest BCUT2D eigenvalue weighted by molar-refractivity contribution is 0.312. The van der Waals surface area contributed by atoms with Gasteiger partial charge in [0.15, 0.2) is 0 Å². The maximum atomic E-state index is 6.42. The zero-order chi connectivity index (χ0) is 15.1. The lowest BCUT2D eigenvalue weighted by Crippen LogP contribution is -2.05. The normalized spacial score (nSPS) is 12.9. The van der Waals surface area contributed by atoms with Gasteiger partial charge in [0, 0.05) is 10.6 Å². The minimum atomic E-state index is 0.419. The molecule has 1 rings (SSSR count). The third-order valence-corrected chi connectivity index (χ3v) is 4.12. The molecule has 0 amide bonds. The largest absolute Gasteiger partial charge is 0.493 e. The molecule has 0 N–H and O–H groups in total. The Labute approximate surface area is 129 Å². The zero-order valence-corrected chi connectivity index (χ0v) is 14.2. The molecule has 0 radical (unpaired) electrons. The first-order valence-corrected chi connectivity index (χ1v) is 7.98. The molecule has 20 heavy (non-hydrogen) atoms. The molecule has 0 aromatic heterocycles. The van der Waals surface area contributed by atoms with Crippen LogP contribution in [0.15, 0.2) is 18.2 Å². The van der Waals surface area contributed by atoms with Crippen LogP contribution in [0, 0.1) is 13.8 Å². The van der Waals surface area contributed by atoms with Gasteiger partial charge in [0.2, 0.25) is 0 Å². The second-order valence-electron chi connectivity index (χ2n) is 5.41. The van der Waals surface area contributed by atoms with Crippen LogP contribution in [-0.2, 0) is 0 Å². The van der Waals surface area contributed by atoms with Crippen molar-refractivity contribution in [3.05, 3.63) is 39.9 Å².